The molecule has 5 atom stereocenters. The summed E-state index contributed by atoms with van der Waals surface area (Å²) in [5.74, 6) is -2.03. The monoisotopic (exact) mass is 725 g/mol. The summed E-state index contributed by atoms with van der Waals surface area (Å²) in [6.07, 6.45) is 8.24. The molecule has 52 heavy (non-hydrogen) atoms. The molecule has 1 fully saturated rings. The van der Waals surface area contributed by atoms with Crippen molar-refractivity contribution in [2.75, 3.05) is 13.1 Å². The van der Waals surface area contributed by atoms with E-state index in [1.165, 1.54) is 11.2 Å². The lowest BCUT2D eigenvalue weighted by Gasteiger charge is -2.43. The highest BCUT2D eigenvalue weighted by atomic mass is 16.6. The molecule has 3 rings (SSSR count). The van der Waals surface area contributed by atoms with E-state index in [1.54, 1.807) is 27.0 Å². The van der Waals surface area contributed by atoms with Crippen LogP contribution >= 0.6 is 0 Å². The van der Waals surface area contributed by atoms with Crippen molar-refractivity contribution in [2.45, 2.75) is 135 Å². The molecule has 0 aliphatic heterocycles. The molecule has 4 amide bonds. The first-order chi connectivity index (χ1) is 24.7. The number of H-pyrrole nitrogens is 1. The fraction of sp³-hybridized carbons (Fsp3) is 0.667. The van der Waals surface area contributed by atoms with Crippen molar-refractivity contribution in [1.82, 2.24) is 25.5 Å². The van der Waals surface area contributed by atoms with Gasteiger partial charge in [0, 0.05) is 37.2 Å². The first-order valence-corrected chi connectivity index (χ1v) is 19.0. The second-order valence-corrected chi connectivity index (χ2v) is 15.6. The zero-order valence-corrected chi connectivity index (χ0v) is 31.8. The summed E-state index contributed by atoms with van der Waals surface area (Å²) in [5.41, 5.74) is 11.9. The van der Waals surface area contributed by atoms with E-state index >= 15 is 0 Å². The van der Waals surface area contributed by atoms with Crippen LogP contribution in [-0.4, -0.2) is 86.7 Å². The Balaban J connectivity index is 2.11. The second-order valence-electron chi connectivity index (χ2n) is 15.6. The number of rotatable bonds is 20. The summed E-state index contributed by atoms with van der Waals surface area (Å²) in [5, 5.41) is 18.1. The summed E-state index contributed by atoms with van der Waals surface area (Å²) in [6, 6.07) is 6.08. The van der Waals surface area contributed by atoms with E-state index in [4.69, 9.17) is 16.2 Å². The molecule has 1 aromatic heterocycles. The van der Waals surface area contributed by atoms with Crippen molar-refractivity contribution in [1.29, 1.82) is 0 Å². The average molecular weight is 726 g/mol. The van der Waals surface area contributed by atoms with Gasteiger partial charge in [0.15, 0.2) is 0 Å². The van der Waals surface area contributed by atoms with Gasteiger partial charge in [0.05, 0.1) is 18.5 Å². The van der Waals surface area contributed by atoms with Gasteiger partial charge in [-0.3, -0.25) is 19.3 Å². The minimum Gasteiger partial charge on any atom is -0.444 e. The van der Waals surface area contributed by atoms with Crippen LogP contribution in [0.4, 0.5) is 4.79 Å². The number of imidazole rings is 1. The van der Waals surface area contributed by atoms with Crippen LogP contribution < -0.4 is 22.1 Å². The molecule has 1 aromatic carbocycles. The van der Waals surface area contributed by atoms with E-state index < -0.39 is 53.7 Å². The summed E-state index contributed by atoms with van der Waals surface area (Å²) in [6.45, 7) is 10.1. The summed E-state index contributed by atoms with van der Waals surface area (Å²) in [4.78, 5) is 63.6. The lowest BCUT2D eigenvalue weighted by molar-refractivity contribution is -0.133. The van der Waals surface area contributed by atoms with Gasteiger partial charge in [0.2, 0.25) is 17.7 Å². The van der Waals surface area contributed by atoms with Crippen molar-refractivity contribution < 1.29 is 29.0 Å². The Morgan fingerprint density at radius 3 is 2.31 bits per heavy atom. The minimum absolute atomic E-state index is 0.0656. The SMILES string of the molecule is CC(C)[C@H](C[C@H](O)[C@H](CC1CCCCC1)N(C(=O)OC(C)(C)C)[C@@H](Cc1ccccc1)C(=O)N[C@@H](Cc1cnc[nH]1)C(N)=O)C(=O)NCCCCN. The number of aromatic amines is 1. The maximum Gasteiger partial charge on any atom is 0.411 e. The average Bonchev–Trinajstić information content (AvgIpc) is 3.61. The number of nitrogens with zero attached hydrogens (tertiary/aromatic N) is 2. The summed E-state index contributed by atoms with van der Waals surface area (Å²) < 4.78 is 6.00. The number of hydrogen-bond acceptors (Lipinski definition) is 8. The van der Waals surface area contributed by atoms with Gasteiger partial charge >= 0.3 is 6.09 Å². The molecule has 1 aliphatic rings. The van der Waals surface area contributed by atoms with Crippen LogP contribution in [0.3, 0.4) is 0 Å². The topological polar surface area (TPSA) is 206 Å². The Hall–Kier alpha value is -3.97. The number of amides is 4. The van der Waals surface area contributed by atoms with Crippen molar-refractivity contribution in [3.63, 3.8) is 0 Å². The number of aliphatic hydroxyl groups is 1. The number of primary amides is 1. The maximum absolute atomic E-state index is 14.6. The first kappa shape index (κ1) is 42.4. The number of nitrogens with two attached hydrogens (primary N) is 2. The van der Waals surface area contributed by atoms with E-state index in [2.05, 4.69) is 20.6 Å². The van der Waals surface area contributed by atoms with E-state index in [0.29, 0.717) is 25.2 Å². The molecule has 2 aromatic rings. The van der Waals surface area contributed by atoms with Gasteiger partial charge in [-0.25, -0.2) is 9.78 Å². The lowest BCUT2D eigenvalue weighted by Crippen LogP contribution is -2.61. The highest BCUT2D eigenvalue weighted by Gasteiger charge is 2.43. The molecule has 13 nitrogen and oxygen atoms in total. The number of aliphatic hydroxyl groups excluding tert-OH is 1. The Morgan fingerprint density at radius 2 is 1.73 bits per heavy atom. The van der Waals surface area contributed by atoms with E-state index in [1.807, 2.05) is 44.2 Å². The van der Waals surface area contributed by atoms with Crippen molar-refractivity contribution in [2.24, 2.45) is 29.2 Å². The Morgan fingerprint density at radius 1 is 1.04 bits per heavy atom. The van der Waals surface area contributed by atoms with Crippen LogP contribution in [0.2, 0.25) is 0 Å². The molecule has 1 saturated carbocycles. The van der Waals surface area contributed by atoms with Gasteiger partial charge in [-0.05, 0) is 70.4 Å². The number of carbonyl (C=O) groups is 4. The maximum atomic E-state index is 14.6. The van der Waals surface area contributed by atoms with E-state index in [-0.39, 0.29) is 37.0 Å². The molecule has 1 heterocycles. The normalized spacial score (nSPS) is 16.7. The molecule has 290 valence electrons. The number of aromatic nitrogens is 2. The number of nitrogens with one attached hydrogen (secondary N) is 3. The van der Waals surface area contributed by atoms with Gasteiger partial charge in [-0.15, -0.1) is 0 Å². The third kappa shape index (κ3) is 13.9. The molecule has 13 heteroatoms. The minimum atomic E-state index is -1.20. The molecule has 0 spiro atoms. The third-order valence-corrected chi connectivity index (χ3v) is 9.82. The van der Waals surface area contributed by atoms with Gasteiger partial charge < -0.3 is 36.9 Å². The third-order valence-electron chi connectivity index (χ3n) is 9.82. The van der Waals surface area contributed by atoms with Crippen LogP contribution in [0.25, 0.3) is 0 Å². The molecule has 0 radical (unpaired) electrons. The predicted molar refractivity (Wildman–Crippen MR) is 201 cm³/mol. The zero-order valence-electron chi connectivity index (χ0n) is 31.8. The van der Waals surface area contributed by atoms with Crippen LogP contribution in [0, 0.1) is 17.8 Å². The number of hydrogen-bond donors (Lipinski definition) is 6. The lowest BCUT2D eigenvalue weighted by atomic mass is 9.80. The van der Waals surface area contributed by atoms with Gasteiger partial charge in [0.1, 0.15) is 17.7 Å². The van der Waals surface area contributed by atoms with Gasteiger partial charge in [-0.2, -0.15) is 0 Å². The first-order valence-electron chi connectivity index (χ1n) is 19.0. The van der Waals surface area contributed by atoms with E-state index in [0.717, 1.165) is 50.5 Å². The van der Waals surface area contributed by atoms with Crippen molar-refractivity contribution in [3.8, 4) is 0 Å². The quantitative estimate of drug-likeness (QED) is 0.110. The Bertz CT molecular complexity index is 1380. The summed E-state index contributed by atoms with van der Waals surface area (Å²) in [7, 11) is 0. The molecule has 8 N–H and O–H groups in total. The molecule has 0 unspecified atom stereocenters. The molecular weight excluding hydrogens is 662 g/mol. The van der Waals surface area contributed by atoms with Crippen LogP contribution in [0.5, 0.6) is 0 Å². The molecule has 1 aliphatic carbocycles. The van der Waals surface area contributed by atoms with Crippen LogP contribution in [0.15, 0.2) is 42.9 Å². The smallest absolute Gasteiger partial charge is 0.411 e. The van der Waals surface area contributed by atoms with E-state index in [9.17, 15) is 24.3 Å². The van der Waals surface area contributed by atoms with Crippen molar-refractivity contribution >= 4 is 23.8 Å². The second kappa shape index (κ2) is 20.9. The number of ether oxygens (including phenoxy) is 1. The standard InChI is InChI=1S/C39H63N7O6/c1-26(2)30(36(49)43-19-13-12-18-40)23-34(47)32(20-27-14-8-6-9-15-27)46(38(51)52-39(3,4)5)33(21-28-16-10-7-11-17-28)37(50)45-31(35(41)48)22-29-24-42-25-44-29/h7,10-11,16-17,24-27,30-34,47H,6,8-9,12-15,18-23,40H2,1-5H3,(H2,41,48)(H,42,44)(H,43,49)(H,45,50)/t30-,31-,32-,33-,34-/m0/s1. The van der Waals surface area contributed by atoms with Gasteiger partial charge in [-0.1, -0.05) is 76.3 Å². The fourth-order valence-corrected chi connectivity index (χ4v) is 7.00. The highest BCUT2D eigenvalue weighted by Crippen LogP contribution is 2.34. The molecular formula is C39H63N7O6. The molecule has 0 saturated heterocycles. The Kier molecular flexibility index (Phi) is 17.1. The largest absolute Gasteiger partial charge is 0.444 e. The fourth-order valence-electron chi connectivity index (χ4n) is 7.00. The zero-order chi connectivity index (χ0) is 38.3. The highest BCUT2D eigenvalue weighted by molar-refractivity contribution is 5.91. The number of benzene rings is 1. The number of unbranched alkanes of at least 4 members (excludes halogenated alkanes) is 1. The predicted octanol–water partition coefficient (Wildman–Crippen LogP) is 3.99. The van der Waals surface area contributed by atoms with Crippen molar-refractivity contribution in [3.05, 3.63) is 54.1 Å². The molecule has 0 bridgehead atoms. The summed E-state index contributed by atoms with van der Waals surface area (Å²) >= 11 is 0. The van der Waals surface area contributed by atoms with Gasteiger partial charge in [0.25, 0.3) is 0 Å². The Labute approximate surface area is 309 Å². The number of carbonyl (C=O) groups excluding carboxylic acids is 4. The van der Waals surface area contributed by atoms with Crippen LogP contribution in [0.1, 0.15) is 104 Å². The van der Waals surface area contributed by atoms with Crippen LogP contribution in [-0.2, 0) is 32.0 Å².